The first-order valence-corrected chi connectivity index (χ1v) is 11.6. The van der Waals surface area contributed by atoms with Crippen molar-refractivity contribution in [2.24, 2.45) is 5.18 Å². The number of nitrogens with zero attached hydrogens (tertiary/aromatic N) is 5. The first-order valence-electron chi connectivity index (χ1n) is 9.21. The number of halogens is 2. The van der Waals surface area contributed by atoms with E-state index in [4.69, 9.17) is 28.9 Å². The molecule has 1 fully saturated rings. The molecule has 4 rings (SSSR count). The number of hydrogen-bond donors (Lipinski definition) is 3. The second kappa shape index (κ2) is 9.21. The molecule has 0 radical (unpaired) electrons. The number of allylic oxidation sites excluding steroid dienone is 1. The van der Waals surface area contributed by atoms with Gasteiger partial charge in [0.1, 0.15) is 11.7 Å². The third-order valence-electron chi connectivity index (χ3n) is 4.99. The molecule has 0 spiro atoms. The number of nitrogen functional groups attached to an aromatic ring is 1. The van der Waals surface area contributed by atoms with Gasteiger partial charge in [-0.3, -0.25) is 19.5 Å². The first kappa shape index (κ1) is 23.4. The maximum absolute atomic E-state index is 12.8. The van der Waals surface area contributed by atoms with Crippen LogP contribution in [0.25, 0.3) is 0 Å². The molecule has 2 aliphatic rings. The second-order valence-electron chi connectivity index (χ2n) is 6.91. The van der Waals surface area contributed by atoms with Crippen molar-refractivity contribution in [1.29, 1.82) is 0 Å². The number of fused-ring (bicyclic) bond motifs is 1. The molecule has 4 N–H and O–H groups in total. The molecular weight excluding hydrogens is 517 g/mol. The molecule has 0 aliphatic carbocycles. The number of nitroso groups, excluding NO2 is 1. The van der Waals surface area contributed by atoms with Gasteiger partial charge in [-0.25, -0.2) is 9.78 Å². The first-order chi connectivity index (χ1) is 15.7. The molecule has 3 atom stereocenters. The Kier molecular flexibility index (Phi) is 6.52. The Morgan fingerprint density at radius 2 is 2.15 bits per heavy atom. The molecule has 16 heteroatoms. The highest BCUT2D eigenvalue weighted by Gasteiger charge is 2.54. The molecule has 0 bridgehead atoms. The number of hydrogen-bond acceptors (Lipinski definition) is 11. The van der Waals surface area contributed by atoms with E-state index in [0.29, 0.717) is 22.6 Å². The number of anilines is 1. The average molecular weight is 530 g/mol. The predicted molar refractivity (Wildman–Crippen MR) is 119 cm³/mol. The van der Waals surface area contributed by atoms with Crippen LogP contribution in [0.5, 0.6) is 0 Å². The number of amides is 2. The molecule has 0 saturated carbocycles. The predicted octanol–water partition coefficient (Wildman–Crippen LogP) is 2.21. The summed E-state index contributed by atoms with van der Waals surface area (Å²) >= 11 is 14.0. The van der Waals surface area contributed by atoms with Crippen molar-refractivity contribution in [1.82, 2.24) is 24.6 Å². The number of carbonyl (C=O) groups excluding carboxylic acids is 2. The minimum atomic E-state index is -1.58. The lowest BCUT2D eigenvalue weighted by Crippen LogP contribution is -2.71. The number of β-lactam (4-membered cyclic amide) rings is 1. The maximum atomic E-state index is 12.8. The van der Waals surface area contributed by atoms with Crippen LogP contribution in [0.15, 0.2) is 33.1 Å². The number of thioether (sulfide) groups is 1. The van der Waals surface area contributed by atoms with Crippen LogP contribution in [0.3, 0.4) is 0 Å². The minimum absolute atomic E-state index is 0.0564. The number of carboxylic acid groups (broad SMARTS) is 1. The zero-order chi connectivity index (χ0) is 23.9. The van der Waals surface area contributed by atoms with Gasteiger partial charge in [0.05, 0.1) is 21.0 Å². The summed E-state index contributed by atoms with van der Waals surface area (Å²) in [6.07, 6.45) is 3.47. The number of carbonyl (C=O) groups is 3. The zero-order valence-electron chi connectivity index (χ0n) is 16.3. The summed E-state index contributed by atoms with van der Waals surface area (Å²) < 4.78 is 3.80. The standard InChI is InChI=1S/C17H13Cl2N7O5S2/c18-5-3-21-4-8(9(5)19)32-7-2-1-6-10(15(28)26(6)12(7)16(29)30)22-14(27)11(24-31)13-23-17(20)33-25-13/h3-4,6,10-11H,1-2H2,(H,22,27)(H,29,30)(H2,20,23,25)/t6?,10-,11?/m0/s1. The van der Waals surface area contributed by atoms with Gasteiger partial charge in [-0.1, -0.05) is 35.0 Å². The van der Waals surface area contributed by atoms with Gasteiger partial charge in [-0.15, -0.1) is 4.91 Å². The molecule has 2 aliphatic heterocycles. The van der Waals surface area contributed by atoms with Gasteiger partial charge in [0.25, 0.3) is 11.8 Å². The fraction of sp³-hybridized carbons (Fsp3) is 0.294. The average Bonchev–Trinajstić information content (AvgIpc) is 3.20. The van der Waals surface area contributed by atoms with Gasteiger partial charge in [-0.2, -0.15) is 4.37 Å². The van der Waals surface area contributed by atoms with Crippen molar-refractivity contribution in [3.8, 4) is 0 Å². The smallest absolute Gasteiger partial charge is 0.353 e. The molecule has 33 heavy (non-hydrogen) atoms. The van der Waals surface area contributed by atoms with Crippen molar-refractivity contribution in [2.45, 2.75) is 35.9 Å². The summed E-state index contributed by atoms with van der Waals surface area (Å²) in [5.74, 6) is -2.98. The van der Waals surface area contributed by atoms with Crippen LogP contribution >= 0.6 is 46.5 Å². The highest BCUT2D eigenvalue weighted by Crippen LogP contribution is 2.45. The molecule has 12 nitrogen and oxygen atoms in total. The van der Waals surface area contributed by atoms with E-state index in [0.717, 1.165) is 28.2 Å². The number of nitrogens with one attached hydrogen (secondary N) is 1. The summed E-state index contributed by atoms with van der Waals surface area (Å²) in [5.41, 5.74) is 5.27. The Labute approximate surface area is 203 Å². The number of nitrogens with two attached hydrogens (primary N) is 1. The lowest BCUT2D eigenvalue weighted by molar-refractivity contribution is -0.156. The van der Waals surface area contributed by atoms with Crippen molar-refractivity contribution >= 4 is 69.4 Å². The fourth-order valence-corrected chi connectivity index (χ4v) is 5.51. The molecule has 2 aromatic heterocycles. The van der Waals surface area contributed by atoms with E-state index < -0.39 is 35.9 Å². The highest BCUT2D eigenvalue weighted by atomic mass is 35.5. The molecular formula is C17H13Cl2N7O5S2. The molecule has 2 amide bonds. The highest BCUT2D eigenvalue weighted by molar-refractivity contribution is 8.03. The zero-order valence-corrected chi connectivity index (χ0v) is 19.4. The van der Waals surface area contributed by atoms with E-state index in [9.17, 15) is 24.4 Å². The van der Waals surface area contributed by atoms with Crippen molar-refractivity contribution in [3.05, 3.63) is 43.8 Å². The lowest BCUT2D eigenvalue weighted by atomic mass is 9.86. The Hall–Kier alpha value is -2.81. The van der Waals surface area contributed by atoms with Crippen LogP contribution in [0.2, 0.25) is 10.0 Å². The molecule has 2 unspecified atom stereocenters. The van der Waals surface area contributed by atoms with Gasteiger partial charge < -0.3 is 16.2 Å². The summed E-state index contributed by atoms with van der Waals surface area (Å²) in [5, 5.41) is 15.5. The summed E-state index contributed by atoms with van der Waals surface area (Å²) in [6, 6.07) is -3.21. The van der Waals surface area contributed by atoms with Crippen LogP contribution < -0.4 is 11.1 Å². The van der Waals surface area contributed by atoms with Gasteiger partial charge in [-0.05, 0) is 18.0 Å². The van der Waals surface area contributed by atoms with Crippen LogP contribution in [0, 0.1) is 4.91 Å². The largest absolute Gasteiger partial charge is 0.477 e. The molecule has 172 valence electrons. The van der Waals surface area contributed by atoms with Crippen molar-refractivity contribution < 1.29 is 19.5 Å². The Morgan fingerprint density at radius 3 is 2.79 bits per heavy atom. The van der Waals surface area contributed by atoms with E-state index in [-0.39, 0.29) is 26.7 Å². The number of pyridine rings is 1. The van der Waals surface area contributed by atoms with E-state index in [1.807, 2.05) is 0 Å². The van der Waals surface area contributed by atoms with Crippen molar-refractivity contribution in [2.75, 3.05) is 5.73 Å². The molecule has 0 aromatic carbocycles. The Balaban J connectivity index is 1.54. The molecule has 4 heterocycles. The molecule has 2 aromatic rings. The van der Waals surface area contributed by atoms with Gasteiger partial charge in [0.2, 0.25) is 6.04 Å². The summed E-state index contributed by atoms with van der Waals surface area (Å²) in [4.78, 5) is 58.2. The normalized spacial score (nSPS) is 20.7. The number of rotatable bonds is 7. The van der Waals surface area contributed by atoms with Gasteiger partial charge >= 0.3 is 5.97 Å². The Morgan fingerprint density at radius 1 is 1.39 bits per heavy atom. The monoisotopic (exact) mass is 529 g/mol. The van der Waals surface area contributed by atoms with Crippen LogP contribution in [-0.4, -0.2) is 54.2 Å². The van der Waals surface area contributed by atoms with Crippen LogP contribution in [-0.2, 0) is 14.4 Å². The van der Waals surface area contributed by atoms with Crippen LogP contribution in [0.4, 0.5) is 5.13 Å². The number of carboxylic acids is 1. The third kappa shape index (κ3) is 4.26. The molecule has 1 saturated heterocycles. The van der Waals surface area contributed by atoms with E-state index in [1.165, 1.54) is 12.4 Å². The minimum Gasteiger partial charge on any atom is -0.477 e. The maximum Gasteiger partial charge on any atom is 0.353 e. The van der Waals surface area contributed by atoms with E-state index in [2.05, 4.69) is 24.8 Å². The quantitative estimate of drug-likeness (QED) is 0.355. The number of aliphatic carboxylic acids is 1. The SMILES string of the molecule is Nc1nc(C(N=O)C(=O)N[C@@H]2C(=O)N3C(C(=O)O)=C(Sc4cncc(Cl)c4Cl)CCC23)ns1. The van der Waals surface area contributed by atoms with E-state index >= 15 is 0 Å². The number of aromatic nitrogens is 3. The lowest BCUT2D eigenvalue weighted by Gasteiger charge is -2.50. The summed E-state index contributed by atoms with van der Waals surface area (Å²) in [6.45, 7) is 0. The topological polar surface area (TPSA) is 181 Å². The fourth-order valence-electron chi connectivity index (χ4n) is 3.54. The van der Waals surface area contributed by atoms with E-state index in [1.54, 1.807) is 0 Å². The Bertz CT molecular complexity index is 1210. The third-order valence-corrected chi connectivity index (χ3v) is 7.62. The summed E-state index contributed by atoms with van der Waals surface area (Å²) in [7, 11) is 0. The van der Waals surface area contributed by atoms with Gasteiger partial charge in [0.15, 0.2) is 11.0 Å². The second-order valence-corrected chi connectivity index (χ2v) is 9.62. The van der Waals surface area contributed by atoms with Gasteiger partial charge in [0, 0.05) is 28.8 Å². The van der Waals surface area contributed by atoms with Crippen molar-refractivity contribution in [3.63, 3.8) is 0 Å². The van der Waals surface area contributed by atoms with Crippen LogP contribution in [0.1, 0.15) is 24.7 Å².